The van der Waals surface area contributed by atoms with Crippen molar-refractivity contribution in [3.8, 4) is 11.3 Å². The maximum atomic E-state index is 14.8. The monoisotopic (exact) mass is 607 g/mol. The highest BCUT2D eigenvalue weighted by molar-refractivity contribution is 6.34. The zero-order valence-electron chi connectivity index (χ0n) is 25.0. The summed E-state index contributed by atoms with van der Waals surface area (Å²) < 4.78 is 20.4. The lowest BCUT2D eigenvalue weighted by molar-refractivity contribution is -0.115. The van der Waals surface area contributed by atoms with Gasteiger partial charge in [-0.25, -0.2) is 14.2 Å². The second kappa shape index (κ2) is 12.9. The number of carbonyl (C=O) groups excluding carboxylic acids is 2. The molecule has 1 fully saturated rings. The molecule has 0 aliphatic carbocycles. The topological polar surface area (TPSA) is 87.1 Å². The van der Waals surface area contributed by atoms with Gasteiger partial charge in [-0.05, 0) is 58.2 Å². The number of amides is 2. The first-order valence-corrected chi connectivity index (χ1v) is 14.6. The van der Waals surface area contributed by atoms with E-state index in [0.29, 0.717) is 36.9 Å². The van der Waals surface area contributed by atoms with E-state index in [1.54, 1.807) is 29.2 Å². The quantitative estimate of drug-likeness (QED) is 0.227. The lowest BCUT2D eigenvalue weighted by Crippen LogP contribution is -2.60. The largest absolute Gasteiger partial charge is 0.444 e. The minimum absolute atomic E-state index is 0.124. The molecule has 2 amide bonds. The molecule has 1 aliphatic heterocycles. The summed E-state index contributed by atoms with van der Waals surface area (Å²) in [6.07, 6.45) is -0.404. The summed E-state index contributed by atoms with van der Waals surface area (Å²) in [6.45, 7) is 16.8. The van der Waals surface area contributed by atoms with Crippen LogP contribution in [0.4, 0.5) is 15.0 Å². The van der Waals surface area contributed by atoms with Gasteiger partial charge in [0, 0.05) is 37.3 Å². The summed E-state index contributed by atoms with van der Waals surface area (Å²) >= 11 is 12.6. The van der Waals surface area contributed by atoms with Crippen LogP contribution in [0, 0.1) is 11.2 Å². The van der Waals surface area contributed by atoms with Crippen LogP contribution in [0.25, 0.3) is 11.3 Å². The minimum atomic E-state index is -0.632. The summed E-state index contributed by atoms with van der Waals surface area (Å²) in [7, 11) is 0. The number of piperazine rings is 1. The van der Waals surface area contributed by atoms with E-state index in [1.807, 2.05) is 39.5 Å². The lowest BCUT2D eigenvalue weighted by atomic mass is 9.97. The first kappa shape index (κ1) is 32.6. The molecule has 1 saturated heterocycles. The number of ether oxygens (including phenoxy) is 1. The number of benzene rings is 1. The van der Waals surface area contributed by atoms with E-state index < -0.39 is 23.4 Å². The van der Waals surface area contributed by atoms with Crippen LogP contribution in [0.3, 0.4) is 0 Å². The van der Waals surface area contributed by atoms with Gasteiger partial charge in [-0.15, -0.1) is 11.6 Å². The van der Waals surface area contributed by atoms with Crippen molar-refractivity contribution in [1.82, 2.24) is 14.8 Å². The molecule has 1 N–H and O–H groups in total. The zero-order valence-corrected chi connectivity index (χ0v) is 26.5. The molecule has 0 bridgehead atoms. The number of carbonyl (C=O) groups is 2. The number of aromatic nitrogens is 1. The van der Waals surface area contributed by atoms with Crippen LogP contribution >= 0.6 is 23.2 Å². The van der Waals surface area contributed by atoms with Crippen molar-refractivity contribution >= 4 is 46.9 Å². The molecule has 224 valence electrons. The number of aliphatic imine (C=N–C) groups is 1. The molecule has 2 heterocycles. The first-order valence-electron chi connectivity index (χ1n) is 13.6. The molecular weight excluding hydrogens is 568 g/mol. The Kier molecular flexibility index (Phi) is 10.3. The molecular formula is C30H40Cl2FN5O3. The zero-order chi connectivity index (χ0) is 30.7. The van der Waals surface area contributed by atoms with Gasteiger partial charge < -0.3 is 19.9 Å². The van der Waals surface area contributed by atoms with Crippen LogP contribution in [-0.4, -0.2) is 75.8 Å². The number of hydrogen-bond donors (Lipinski definition) is 1. The van der Waals surface area contributed by atoms with E-state index in [-0.39, 0.29) is 39.7 Å². The number of alkyl halides is 1. The van der Waals surface area contributed by atoms with Gasteiger partial charge in [0.25, 0.3) is 5.91 Å². The van der Waals surface area contributed by atoms with E-state index in [4.69, 9.17) is 32.9 Å². The Morgan fingerprint density at radius 3 is 2.29 bits per heavy atom. The van der Waals surface area contributed by atoms with E-state index >= 15 is 0 Å². The van der Waals surface area contributed by atoms with Gasteiger partial charge in [0.15, 0.2) is 0 Å². The SMILES string of the molecule is C[C@@H]1CN(/C(=N/C(=O)CCl)c2cc(Cl)c(-c3ccccc3F)nc2NCC(C)(C)C)[C@@H](C)CN1C(=O)OC(C)(C)C. The molecule has 8 nitrogen and oxygen atoms in total. The molecule has 0 radical (unpaired) electrons. The van der Waals surface area contributed by atoms with Gasteiger partial charge in [0.2, 0.25) is 0 Å². The van der Waals surface area contributed by atoms with E-state index in [1.165, 1.54) is 6.07 Å². The van der Waals surface area contributed by atoms with Crippen molar-refractivity contribution in [3.05, 3.63) is 46.7 Å². The van der Waals surface area contributed by atoms with Crippen LogP contribution in [0.1, 0.15) is 61.0 Å². The third-order valence-corrected chi connectivity index (χ3v) is 6.88. The molecule has 0 spiro atoms. The molecule has 2 aromatic rings. The Balaban J connectivity index is 2.12. The van der Waals surface area contributed by atoms with Crippen LogP contribution in [0.5, 0.6) is 0 Å². The van der Waals surface area contributed by atoms with Gasteiger partial charge in [0.1, 0.15) is 29.0 Å². The average molecular weight is 609 g/mol. The average Bonchev–Trinajstić information content (AvgIpc) is 2.86. The van der Waals surface area contributed by atoms with Crippen molar-refractivity contribution in [1.29, 1.82) is 0 Å². The van der Waals surface area contributed by atoms with Crippen molar-refractivity contribution in [2.75, 3.05) is 30.8 Å². The van der Waals surface area contributed by atoms with E-state index in [9.17, 15) is 14.0 Å². The Labute approximate surface area is 252 Å². The normalized spacial score (nSPS) is 18.4. The Morgan fingerprint density at radius 1 is 1.10 bits per heavy atom. The summed E-state index contributed by atoms with van der Waals surface area (Å²) in [5, 5.41) is 3.57. The predicted octanol–water partition coefficient (Wildman–Crippen LogP) is 6.84. The highest BCUT2D eigenvalue weighted by atomic mass is 35.5. The van der Waals surface area contributed by atoms with Gasteiger partial charge in [-0.2, -0.15) is 4.99 Å². The summed E-state index contributed by atoms with van der Waals surface area (Å²) in [4.78, 5) is 38.4. The smallest absolute Gasteiger partial charge is 0.410 e. The minimum Gasteiger partial charge on any atom is -0.444 e. The number of anilines is 1. The number of halogens is 3. The Morgan fingerprint density at radius 2 is 1.71 bits per heavy atom. The van der Waals surface area contributed by atoms with E-state index in [2.05, 4.69) is 31.1 Å². The number of nitrogens with one attached hydrogen (secondary N) is 1. The van der Waals surface area contributed by atoms with E-state index in [0.717, 1.165) is 0 Å². The molecule has 1 aromatic heterocycles. The number of pyridine rings is 1. The molecule has 0 unspecified atom stereocenters. The van der Waals surface area contributed by atoms with Crippen molar-refractivity contribution < 1.29 is 18.7 Å². The third kappa shape index (κ3) is 8.55. The second-order valence-corrected chi connectivity index (χ2v) is 13.2. The molecule has 41 heavy (non-hydrogen) atoms. The number of hydrogen-bond acceptors (Lipinski definition) is 5. The summed E-state index contributed by atoms with van der Waals surface area (Å²) in [5.41, 5.74) is 0.241. The molecule has 1 aromatic carbocycles. The van der Waals surface area contributed by atoms with Crippen molar-refractivity contribution in [2.45, 2.75) is 73.1 Å². The van der Waals surface area contributed by atoms with Gasteiger partial charge in [-0.1, -0.05) is 44.5 Å². The highest BCUT2D eigenvalue weighted by Crippen LogP contribution is 2.34. The van der Waals surface area contributed by atoms with Crippen molar-refractivity contribution in [3.63, 3.8) is 0 Å². The van der Waals surface area contributed by atoms with Crippen LogP contribution in [0.2, 0.25) is 5.02 Å². The summed E-state index contributed by atoms with van der Waals surface area (Å²) in [5.74, 6) is -0.580. The third-order valence-electron chi connectivity index (χ3n) is 6.36. The predicted molar refractivity (Wildman–Crippen MR) is 163 cm³/mol. The maximum Gasteiger partial charge on any atom is 0.410 e. The standard InChI is InChI=1S/C30H40Cl2FN5O3/c1-18-16-38(28(40)41-30(6,7)8)19(2)15-37(18)27(35-24(39)14-31)21-13-22(32)25(20-11-9-10-12-23(20)33)36-26(21)34-17-29(3,4)5/h9-13,18-19H,14-17H2,1-8H3,(H,34,36)/b35-27+/t18-,19+/m0/s1. The maximum absolute atomic E-state index is 14.8. The molecule has 1 aliphatic rings. The molecule has 2 atom stereocenters. The van der Waals surface area contributed by atoms with Gasteiger partial charge >= 0.3 is 6.09 Å². The first-order chi connectivity index (χ1) is 19.0. The molecule has 0 saturated carbocycles. The van der Waals surface area contributed by atoms with Gasteiger partial charge in [0.05, 0.1) is 16.3 Å². The second-order valence-electron chi connectivity index (χ2n) is 12.6. The van der Waals surface area contributed by atoms with Crippen LogP contribution in [0.15, 0.2) is 35.3 Å². The Hall–Kier alpha value is -2.91. The fourth-order valence-corrected chi connectivity index (χ4v) is 4.72. The van der Waals surface area contributed by atoms with Crippen LogP contribution < -0.4 is 5.32 Å². The fraction of sp³-hybridized carbons (Fsp3) is 0.533. The number of amidine groups is 1. The van der Waals surface area contributed by atoms with Crippen LogP contribution in [-0.2, 0) is 9.53 Å². The van der Waals surface area contributed by atoms with Crippen molar-refractivity contribution in [2.24, 2.45) is 10.4 Å². The highest BCUT2D eigenvalue weighted by Gasteiger charge is 2.37. The molecule has 3 rings (SSSR count). The molecule has 11 heteroatoms. The van der Waals surface area contributed by atoms with Gasteiger partial charge in [-0.3, -0.25) is 4.79 Å². The summed E-state index contributed by atoms with van der Waals surface area (Å²) in [6, 6.07) is 7.42. The number of rotatable bonds is 5. The number of nitrogens with zero attached hydrogens (tertiary/aromatic N) is 4. The fourth-order valence-electron chi connectivity index (χ4n) is 4.41. The Bertz CT molecular complexity index is 1310. The lowest BCUT2D eigenvalue weighted by Gasteiger charge is -2.45.